The lowest BCUT2D eigenvalue weighted by Crippen LogP contribution is -2.49. The summed E-state index contributed by atoms with van der Waals surface area (Å²) < 4.78 is 0. The van der Waals surface area contributed by atoms with Gasteiger partial charge in [-0.05, 0) is 49.6 Å². The van der Waals surface area contributed by atoms with Gasteiger partial charge < -0.3 is 9.88 Å². The third-order valence-electron chi connectivity index (χ3n) is 4.47. The number of hydrogen-bond donors (Lipinski definition) is 2. The Kier molecular flexibility index (Phi) is 4.74. The van der Waals surface area contributed by atoms with Gasteiger partial charge in [0.2, 0.25) is 0 Å². The van der Waals surface area contributed by atoms with Crippen LogP contribution < -0.4 is 5.84 Å². The summed E-state index contributed by atoms with van der Waals surface area (Å²) in [6.07, 6.45) is 5.52. The standard InChI is InChI=1S/C17H23N5/c18-12-14-4-5-17-16(11-14)15(13-20-17)3-1-2-6-21-7-9-22(19)10-8-21/h4-5,11,13,20H,1-3,6-10,19H2. The number of aryl methyl sites for hydroxylation is 1. The number of nitrogens with two attached hydrogens (primary N) is 1. The van der Waals surface area contributed by atoms with Crippen LogP contribution in [-0.2, 0) is 6.42 Å². The van der Waals surface area contributed by atoms with Crippen molar-refractivity contribution < 1.29 is 0 Å². The van der Waals surface area contributed by atoms with Crippen LogP contribution in [0.15, 0.2) is 24.4 Å². The highest BCUT2D eigenvalue weighted by atomic mass is 15.4. The molecule has 1 aliphatic rings. The van der Waals surface area contributed by atoms with E-state index in [0.29, 0.717) is 0 Å². The van der Waals surface area contributed by atoms with Gasteiger partial charge in [-0.3, -0.25) is 5.84 Å². The number of hydrazine groups is 1. The van der Waals surface area contributed by atoms with Crippen molar-refractivity contribution in [3.63, 3.8) is 0 Å². The highest BCUT2D eigenvalue weighted by Gasteiger charge is 2.13. The quantitative estimate of drug-likeness (QED) is 0.652. The van der Waals surface area contributed by atoms with Gasteiger partial charge in [0.05, 0.1) is 11.6 Å². The molecule has 3 rings (SSSR count). The molecule has 2 aromatic rings. The van der Waals surface area contributed by atoms with Gasteiger partial charge in [0, 0.05) is 43.3 Å². The summed E-state index contributed by atoms with van der Waals surface area (Å²) >= 11 is 0. The Labute approximate surface area is 131 Å². The molecule has 0 bridgehead atoms. The van der Waals surface area contributed by atoms with E-state index in [-0.39, 0.29) is 0 Å². The van der Waals surface area contributed by atoms with Gasteiger partial charge in [-0.1, -0.05) is 0 Å². The van der Waals surface area contributed by atoms with Crippen LogP contribution in [0.3, 0.4) is 0 Å². The van der Waals surface area contributed by atoms with Crippen LogP contribution in [0, 0.1) is 11.3 Å². The lowest BCUT2D eigenvalue weighted by Gasteiger charge is -2.31. The lowest BCUT2D eigenvalue weighted by molar-refractivity contribution is 0.132. The molecule has 0 saturated carbocycles. The topological polar surface area (TPSA) is 72.1 Å². The first-order valence-corrected chi connectivity index (χ1v) is 7.98. The van der Waals surface area contributed by atoms with Gasteiger partial charge in [-0.15, -0.1) is 0 Å². The van der Waals surface area contributed by atoms with Crippen molar-refractivity contribution >= 4 is 10.9 Å². The van der Waals surface area contributed by atoms with Gasteiger partial charge in [0.15, 0.2) is 0 Å². The van der Waals surface area contributed by atoms with Gasteiger partial charge in [0.25, 0.3) is 0 Å². The number of hydrogen-bond acceptors (Lipinski definition) is 4. The maximum absolute atomic E-state index is 9.02. The zero-order valence-corrected chi connectivity index (χ0v) is 12.9. The summed E-state index contributed by atoms with van der Waals surface area (Å²) in [5.74, 6) is 5.77. The molecule has 0 radical (unpaired) electrons. The molecule has 5 heteroatoms. The molecule has 3 N–H and O–H groups in total. The Bertz CT molecular complexity index is 661. The fraction of sp³-hybridized carbons (Fsp3) is 0.471. The molecular weight excluding hydrogens is 274 g/mol. The summed E-state index contributed by atoms with van der Waals surface area (Å²) in [6.45, 7) is 5.25. The minimum absolute atomic E-state index is 0.730. The number of fused-ring (bicyclic) bond motifs is 1. The maximum atomic E-state index is 9.02. The maximum Gasteiger partial charge on any atom is 0.0991 e. The van der Waals surface area contributed by atoms with Crippen molar-refractivity contribution in [3.8, 4) is 6.07 Å². The molecule has 5 nitrogen and oxygen atoms in total. The second-order valence-corrected chi connectivity index (χ2v) is 6.02. The fourth-order valence-corrected chi connectivity index (χ4v) is 3.09. The van der Waals surface area contributed by atoms with Crippen molar-refractivity contribution in [1.29, 1.82) is 5.26 Å². The van der Waals surface area contributed by atoms with Crippen LogP contribution in [0.4, 0.5) is 0 Å². The monoisotopic (exact) mass is 297 g/mol. The van der Waals surface area contributed by atoms with E-state index in [1.54, 1.807) is 0 Å². The van der Waals surface area contributed by atoms with E-state index < -0.39 is 0 Å². The van der Waals surface area contributed by atoms with Crippen LogP contribution in [0.25, 0.3) is 10.9 Å². The van der Waals surface area contributed by atoms with E-state index in [1.807, 2.05) is 23.2 Å². The predicted molar refractivity (Wildman–Crippen MR) is 88.2 cm³/mol. The Balaban J connectivity index is 1.50. The summed E-state index contributed by atoms with van der Waals surface area (Å²) in [4.78, 5) is 5.79. The minimum atomic E-state index is 0.730. The normalized spacial score (nSPS) is 16.9. The molecule has 0 amide bonds. The highest BCUT2D eigenvalue weighted by molar-refractivity contribution is 5.84. The summed E-state index contributed by atoms with van der Waals surface area (Å²) in [7, 11) is 0. The van der Waals surface area contributed by atoms with E-state index in [4.69, 9.17) is 11.1 Å². The van der Waals surface area contributed by atoms with E-state index >= 15 is 0 Å². The van der Waals surface area contributed by atoms with Crippen molar-refractivity contribution in [2.24, 2.45) is 5.84 Å². The number of aromatic amines is 1. The molecule has 22 heavy (non-hydrogen) atoms. The molecule has 1 saturated heterocycles. The summed E-state index contributed by atoms with van der Waals surface area (Å²) in [5, 5.41) is 12.1. The van der Waals surface area contributed by atoms with Crippen LogP contribution in [0.5, 0.6) is 0 Å². The summed E-state index contributed by atoms with van der Waals surface area (Å²) in [5.41, 5.74) is 3.17. The first-order valence-electron chi connectivity index (χ1n) is 7.98. The van der Waals surface area contributed by atoms with Crippen LogP contribution in [-0.4, -0.2) is 47.6 Å². The molecule has 1 fully saturated rings. The van der Waals surface area contributed by atoms with Crippen molar-refractivity contribution in [3.05, 3.63) is 35.5 Å². The first-order chi connectivity index (χ1) is 10.8. The van der Waals surface area contributed by atoms with Gasteiger partial charge in [-0.25, -0.2) is 5.01 Å². The number of nitrogens with one attached hydrogen (secondary N) is 1. The van der Waals surface area contributed by atoms with Crippen LogP contribution >= 0.6 is 0 Å². The van der Waals surface area contributed by atoms with Gasteiger partial charge in [0.1, 0.15) is 0 Å². The van der Waals surface area contributed by atoms with Crippen molar-refractivity contribution in [2.75, 3.05) is 32.7 Å². The second-order valence-electron chi connectivity index (χ2n) is 6.02. The smallest absolute Gasteiger partial charge is 0.0991 e. The molecule has 0 atom stereocenters. The Morgan fingerprint density at radius 1 is 1.18 bits per heavy atom. The van der Waals surface area contributed by atoms with E-state index in [9.17, 15) is 0 Å². The second kappa shape index (κ2) is 6.93. The Morgan fingerprint density at radius 2 is 2.00 bits per heavy atom. The average Bonchev–Trinajstić information content (AvgIpc) is 2.95. The highest BCUT2D eigenvalue weighted by Crippen LogP contribution is 2.21. The molecule has 2 heterocycles. The number of nitriles is 1. The Hall–Kier alpha value is -1.87. The zero-order valence-electron chi connectivity index (χ0n) is 12.9. The van der Waals surface area contributed by atoms with Gasteiger partial charge >= 0.3 is 0 Å². The third-order valence-corrected chi connectivity index (χ3v) is 4.47. The van der Waals surface area contributed by atoms with Crippen molar-refractivity contribution in [2.45, 2.75) is 19.3 Å². The molecule has 1 aromatic carbocycles. The molecule has 0 unspecified atom stereocenters. The van der Waals surface area contributed by atoms with E-state index in [1.165, 1.54) is 23.8 Å². The third kappa shape index (κ3) is 3.47. The van der Waals surface area contributed by atoms with Crippen LogP contribution in [0.1, 0.15) is 24.0 Å². The van der Waals surface area contributed by atoms with Crippen molar-refractivity contribution in [1.82, 2.24) is 14.9 Å². The number of H-pyrrole nitrogens is 1. The van der Waals surface area contributed by atoms with Crippen LogP contribution in [0.2, 0.25) is 0 Å². The van der Waals surface area contributed by atoms with Gasteiger partial charge in [-0.2, -0.15) is 5.26 Å². The molecular formula is C17H23N5. The molecule has 1 aromatic heterocycles. The number of benzene rings is 1. The number of piperazine rings is 1. The number of aromatic nitrogens is 1. The SMILES string of the molecule is N#Cc1ccc2[nH]cc(CCCCN3CCN(N)CC3)c2c1. The predicted octanol–water partition coefficient (Wildman–Crippen LogP) is 1.85. The Morgan fingerprint density at radius 3 is 2.77 bits per heavy atom. The largest absolute Gasteiger partial charge is 0.361 e. The molecule has 1 aliphatic heterocycles. The fourth-order valence-electron chi connectivity index (χ4n) is 3.09. The number of nitrogens with zero attached hydrogens (tertiary/aromatic N) is 3. The van der Waals surface area contributed by atoms with E-state index in [2.05, 4.69) is 22.1 Å². The van der Waals surface area contributed by atoms with E-state index in [0.717, 1.165) is 50.2 Å². The molecule has 0 spiro atoms. The molecule has 0 aliphatic carbocycles. The lowest BCUT2D eigenvalue weighted by atomic mass is 10.1. The zero-order chi connectivity index (χ0) is 15.4. The number of unbranched alkanes of at least 4 members (excludes halogenated alkanes) is 1. The number of rotatable bonds is 5. The first kappa shape index (κ1) is 15.0. The summed E-state index contributed by atoms with van der Waals surface area (Å²) in [6, 6.07) is 8.05. The molecule has 116 valence electrons. The average molecular weight is 297 g/mol. The minimum Gasteiger partial charge on any atom is -0.361 e.